The SMILES string of the molecule is CS(=O)(=O)c1ccc2nc(N(Cc3cccnc3)C(=O)c3ccc(S(=O)(=O)N4CCOCC4)cc3)sc2c1. The van der Waals surface area contributed by atoms with E-state index in [0.29, 0.717) is 28.6 Å². The molecule has 0 bridgehead atoms. The van der Waals surface area contributed by atoms with Crippen LogP contribution in [-0.4, -0.2) is 69.6 Å². The van der Waals surface area contributed by atoms with E-state index >= 15 is 0 Å². The number of sulfone groups is 1. The van der Waals surface area contributed by atoms with Gasteiger partial charge in [-0.05, 0) is 54.1 Å². The van der Waals surface area contributed by atoms with Crippen molar-refractivity contribution >= 4 is 52.5 Å². The maximum absolute atomic E-state index is 13.7. The minimum atomic E-state index is -3.70. The van der Waals surface area contributed by atoms with Crippen LogP contribution in [0.1, 0.15) is 15.9 Å². The largest absolute Gasteiger partial charge is 0.379 e. The van der Waals surface area contributed by atoms with Crippen molar-refractivity contribution < 1.29 is 26.4 Å². The molecule has 4 aromatic rings. The number of morpholine rings is 1. The lowest BCUT2D eigenvalue weighted by molar-refractivity contribution is 0.0730. The molecule has 1 amide bonds. The van der Waals surface area contributed by atoms with E-state index in [-0.39, 0.29) is 40.9 Å². The first-order valence-corrected chi connectivity index (χ1v) is 15.8. The predicted molar refractivity (Wildman–Crippen MR) is 144 cm³/mol. The van der Waals surface area contributed by atoms with Crippen LogP contribution in [0.15, 0.2) is 76.8 Å². The van der Waals surface area contributed by atoms with Gasteiger partial charge in [0.05, 0.1) is 39.8 Å². The molecule has 0 aliphatic carbocycles. The average Bonchev–Trinajstić information content (AvgIpc) is 3.35. The van der Waals surface area contributed by atoms with Crippen LogP contribution in [0.5, 0.6) is 0 Å². The first-order chi connectivity index (χ1) is 18.1. The van der Waals surface area contributed by atoms with Gasteiger partial charge in [-0.1, -0.05) is 17.4 Å². The van der Waals surface area contributed by atoms with E-state index in [1.54, 1.807) is 30.6 Å². The second kappa shape index (κ2) is 10.5. The summed E-state index contributed by atoms with van der Waals surface area (Å²) in [5.41, 5.74) is 1.61. The van der Waals surface area contributed by atoms with Crippen LogP contribution in [0.25, 0.3) is 10.2 Å². The summed E-state index contributed by atoms with van der Waals surface area (Å²) < 4.78 is 57.2. The smallest absolute Gasteiger partial charge is 0.260 e. The average molecular weight is 573 g/mol. The fourth-order valence-electron chi connectivity index (χ4n) is 4.00. The Morgan fingerprint density at radius 2 is 1.74 bits per heavy atom. The van der Waals surface area contributed by atoms with Crippen LogP contribution in [0, 0.1) is 0 Å². The fraction of sp³-hybridized carbons (Fsp3) is 0.240. The quantitative estimate of drug-likeness (QED) is 0.331. The zero-order valence-electron chi connectivity index (χ0n) is 20.3. The molecular formula is C25H24N4O6S3. The lowest BCUT2D eigenvalue weighted by atomic mass is 10.2. The van der Waals surface area contributed by atoms with Gasteiger partial charge < -0.3 is 4.74 Å². The normalized spacial score (nSPS) is 15.0. The zero-order chi connectivity index (χ0) is 26.9. The van der Waals surface area contributed by atoms with Crippen molar-refractivity contribution in [2.45, 2.75) is 16.3 Å². The molecule has 13 heteroatoms. The summed E-state index contributed by atoms with van der Waals surface area (Å²) in [6, 6.07) is 14.1. The molecule has 0 saturated carbocycles. The van der Waals surface area contributed by atoms with Crippen LogP contribution in [-0.2, 0) is 31.1 Å². The Hall–Kier alpha value is -3.23. The number of aromatic nitrogens is 2. The highest BCUT2D eigenvalue weighted by Crippen LogP contribution is 2.32. The molecule has 0 radical (unpaired) electrons. The van der Waals surface area contributed by atoms with Crippen LogP contribution in [0.4, 0.5) is 5.13 Å². The Labute approximate surface area is 224 Å². The summed E-state index contributed by atoms with van der Waals surface area (Å²) >= 11 is 1.20. The fourth-order valence-corrected chi connectivity index (χ4v) is 7.13. The number of fused-ring (bicyclic) bond motifs is 1. The van der Waals surface area contributed by atoms with Crippen molar-refractivity contribution in [2.24, 2.45) is 0 Å². The third-order valence-corrected chi connectivity index (χ3v) is 10.1. The Kier molecular flexibility index (Phi) is 7.29. The third-order valence-electron chi connectivity index (χ3n) is 6.03. The molecule has 38 heavy (non-hydrogen) atoms. The second-order valence-corrected chi connectivity index (χ2v) is 13.7. The molecule has 1 fully saturated rings. The van der Waals surface area contributed by atoms with Gasteiger partial charge in [0.25, 0.3) is 5.91 Å². The summed E-state index contributed by atoms with van der Waals surface area (Å²) in [5, 5.41) is 0.379. The first kappa shape index (κ1) is 26.4. The minimum absolute atomic E-state index is 0.100. The lowest BCUT2D eigenvalue weighted by Gasteiger charge is -2.26. The molecule has 1 aliphatic heterocycles. The number of anilines is 1. The maximum atomic E-state index is 13.7. The van der Waals surface area contributed by atoms with Crippen LogP contribution >= 0.6 is 11.3 Å². The van der Waals surface area contributed by atoms with Gasteiger partial charge in [-0.3, -0.25) is 14.7 Å². The van der Waals surface area contributed by atoms with Crippen molar-refractivity contribution in [3.05, 3.63) is 78.1 Å². The molecule has 0 atom stereocenters. The van der Waals surface area contributed by atoms with E-state index in [1.807, 2.05) is 6.07 Å². The van der Waals surface area contributed by atoms with Gasteiger partial charge in [-0.2, -0.15) is 4.31 Å². The lowest BCUT2D eigenvalue weighted by Crippen LogP contribution is -2.40. The number of benzene rings is 2. The molecule has 5 rings (SSSR count). The monoisotopic (exact) mass is 572 g/mol. The third kappa shape index (κ3) is 5.47. The summed E-state index contributed by atoms with van der Waals surface area (Å²) in [6.45, 7) is 1.40. The Bertz CT molecular complexity index is 1680. The molecule has 0 N–H and O–H groups in total. The summed E-state index contributed by atoms with van der Waals surface area (Å²) in [5.74, 6) is -0.383. The van der Waals surface area contributed by atoms with E-state index in [1.165, 1.54) is 50.9 Å². The van der Waals surface area contributed by atoms with E-state index in [9.17, 15) is 21.6 Å². The number of carbonyl (C=O) groups excluding carboxylic acids is 1. The van der Waals surface area contributed by atoms with Crippen LogP contribution < -0.4 is 4.90 Å². The summed E-state index contributed by atoms with van der Waals surface area (Å²) in [7, 11) is -7.11. The number of nitrogens with zero attached hydrogens (tertiary/aromatic N) is 4. The van der Waals surface area contributed by atoms with Crippen molar-refractivity contribution in [1.29, 1.82) is 0 Å². The van der Waals surface area contributed by atoms with Gasteiger partial charge in [0, 0.05) is 37.3 Å². The summed E-state index contributed by atoms with van der Waals surface area (Å²) in [4.78, 5) is 24.2. The molecular weight excluding hydrogens is 548 g/mol. The number of thiazole rings is 1. The topological polar surface area (TPSA) is 127 Å². The number of rotatable bonds is 7. The number of sulfonamides is 1. The van der Waals surface area contributed by atoms with Crippen molar-refractivity contribution in [3.8, 4) is 0 Å². The van der Waals surface area contributed by atoms with Gasteiger partial charge in [0.15, 0.2) is 15.0 Å². The minimum Gasteiger partial charge on any atom is -0.379 e. The van der Waals surface area contributed by atoms with E-state index in [0.717, 1.165) is 11.8 Å². The number of ether oxygens (including phenoxy) is 1. The molecule has 198 valence electrons. The van der Waals surface area contributed by atoms with Gasteiger partial charge in [-0.15, -0.1) is 0 Å². The van der Waals surface area contributed by atoms with Crippen LogP contribution in [0.2, 0.25) is 0 Å². The standard InChI is InChI=1S/C25H24N4O6S3/c1-37(31,32)21-8-9-22-23(15-21)36-25(27-22)29(17-18-3-2-10-26-16-18)24(30)19-4-6-20(7-5-19)38(33,34)28-11-13-35-14-12-28/h2-10,15-16H,11-14,17H2,1H3. The van der Waals surface area contributed by atoms with Crippen molar-refractivity contribution in [2.75, 3.05) is 37.5 Å². The number of amides is 1. The number of carbonyl (C=O) groups is 1. The van der Waals surface area contributed by atoms with Crippen molar-refractivity contribution in [3.63, 3.8) is 0 Å². The number of pyridine rings is 1. The van der Waals surface area contributed by atoms with Crippen molar-refractivity contribution in [1.82, 2.24) is 14.3 Å². The van der Waals surface area contributed by atoms with Gasteiger partial charge in [0.2, 0.25) is 10.0 Å². The van der Waals surface area contributed by atoms with Crippen LogP contribution in [0.3, 0.4) is 0 Å². The molecule has 2 aromatic carbocycles. The molecule has 10 nitrogen and oxygen atoms in total. The molecule has 2 aromatic heterocycles. The Morgan fingerprint density at radius 3 is 2.39 bits per heavy atom. The number of hydrogen-bond acceptors (Lipinski definition) is 9. The molecule has 0 unspecified atom stereocenters. The predicted octanol–water partition coefficient (Wildman–Crippen LogP) is 2.96. The van der Waals surface area contributed by atoms with Gasteiger partial charge in [0.1, 0.15) is 0 Å². The van der Waals surface area contributed by atoms with E-state index < -0.39 is 19.9 Å². The van der Waals surface area contributed by atoms with E-state index in [2.05, 4.69) is 9.97 Å². The molecule has 1 saturated heterocycles. The van der Waals surface area contributed by atoms with Gasteiger partial charge in [-0.25, -0.2) is 21.8 Å². The molecule has 0 spiro atoms. The highest BCUT2D eigenvalue weighted by molar-refractivity contribution is 7.90. The summed E-state index contributed by atoms with van der Waals surface area (Å²) in [6.07, 6.45) is 4.42. The highest BCUT2D eigenvalue weighted by Gasteiger charge is 2.27. The van der Waals surface area contributed by atoms with Gasteiger partial charge >= 0.3 is 0 Å². The molecule has 3 heterocycles. The Morgan fingerprint density at radius 1 is 1.03 bits per heavy atom. The van der Waals surface area contributed by atoms with E-state index in [4.69, 9.17) is 4.74 Å². The first-order valence-electron chi connectivity index (χ1n) is 11.6. The Balaban J connectivity index is 1.49. The second-order valence-electron chi connectivity index (χ2n) is 8.69. The maximum Gasteiger partial charge on any atom is 0.260 e. The number of hydrogen-bond donors (Lipinski definition) is 0. The highest BCUT2D eigenvalue weighted by atomic mass is 32.2. The molecule has 1 aliphatic rings. The zero-order valence-corrected chi connectivity index (χ0v) is 22.8.